The smallest absolute Gasteiger partial charge is 0.325 e. The molecule has 0 aliphatic rings. The molecule has 21 heavy (non-hydrogen) atoms. The summed E-state index contributed by atoms with van der Waals surface area (Å²) in [6.07, 6.45) is 2.25. The number of hydrogen-bond acceptors (Lipinski definition) is 6. The van der Waals surface area contributed by atoms with E-state index in [-0.39, 0.29) is 11.4 Å². The largest absolute Gasteiger partial charge is 0.480 e. The van der Waals surface area contributed by atoms with Crippen LogP contribution in [0.2, 0.25) is 0 Å². The summed E-state index contributed by atoms with van der Waals surface area (Å²) in [7, 11) is -3.78. The highest BCUT2D eigenvalue weighted by Crippen LogP contribution is 2.14. The van der Waals surface area contributed by atoms with Crippen LogP contribution in [0.5, 0.6) is 0 Å². The van der Waals surface area contributed by atoms with Crippen LogP contribution in [0, 0.1) is 13.8 Å². The van der Waals surface area contributed by atoms with E-state index < -0.39 is 22.5 Å². The number of rotatable bonds is 6. The van der Waals surface area contributed by atoms with Crippen molar-refractivity contribution in [3.05, 3.63) is 29.4 Å². The number of hydrogen-bond donors (Lipinski definition) is 2. The zero-order chi connectivity index (χ0) is 15.6. The van der Waals surface area contributed by atoms with Crippen molar-refractivity contribution < 1.29 is 22.8 Å². The van der Waals surface area contributed by atoms with E-state index in [2.05, 4.69) is 15.0 Å². The normalized spacial score (nSPS) is 11.7. The van der Waals surface area contributed by atoms with Crippen LogP contribution in [0.15, 0.2) is 21.8 Å². The summed E-state index contributed by atoms with van der Waals surface area (Å²) in [6.45, 7) is 3.03. The van der Waals surface area contributed by atoms with Crippen molar-refractivity contribution in [1.29, 1.82) is 0 Å². The molecule has 2 N–H and O–H groups in total. The molecule has 0 aliphatic heterocycles. The van der Waals surface area contributed by atoms with E-state index in [0.29, 0.717) is 17.0 Å². The molecule has 0 saturated carbocycles. The van der Waals surface area contributed by atoms with Gasteiger partial charge >= 0.3 is 5.97 Å². The maximum absolute atomic E-state index is 12.1. The Balaban J connectivity index is 2.11. The highest BCUT2D eigenvalue weighted by Gasteiger charge is 2.19. The van der Waals surface area contributed by atoms with E-state index in [1.54, 1.807) is 13.8 Å². The van der Waals surface area contributed by atoms with Gasteiger partial charge in [0.1, 0.15) is 17.2 Å². The van der Waals surface area contributed by atoms with Gasteiger partial charge in [-0.2, -0.15) is 5.10 Å². The first-order valence-corrected chi connectivity index (χ1v) is 7.43. The highest BCUT2D eigenvalue weighted by atomic mass is 32.2. The number of sulfonamides is 1. The molecule has 114 valence electrons. The molecule has 2 aromatic rings. The van der Waals surface area contributed by atoms with Crippen molar-refractivity contribution in [2.45, 2.75) is 31.8 Å². The summed E-state index contributed by atoms with van der Waals surface area (Å²) in [6, 6.07) is 0. The third-order valence-corrected chi connectivity index (χ3v) is 4.19. The highest BCUT2D eigenvalue weighted by molar-refractivity contribution is 7.89. The lowest BCUT2D eigenvalue weighted by atomic mass is 10.2. The van der Waals surface area contributed by atoms with Gasteiger partial charge in [0.15, 0.2) is 0 Å². The molecule has 2 heterocycles. The number of carboxylic acid groups (broad SMARTS) is 1. The lowest BCUT2D eigenvalue weighted by Gasteiger charge is -2.04. The van der Waals surface area contributed by atoms with Gasteiger partial charge in [0.25, 0.3) is 0 Å². The summed E-state index contributed by atoms with van der Waals surface area (Å²) in [4.78, 5) is 10.4. The molecule has 0 spiro atoms. The molecule has 0 bridgehead atoms. The van der Waals surface area contributed by atoms with E-state index in [1.807, 2.05) is 0 Å². The van der Waals surface area contributed by atoms with Crippen molar-refractivity contribution >= 4 is 16.0 Å². The van der Waals surface area contributed by atoms with Crippen LogP contribution in [-0.4, -0.2) is 34.4 Å². The Bertz CT molecular complexity index is 742. The molecule has 2 aromatic heterocycles. The molecule has 0 saturated heterocycles. The Morgan fingerprint density at radius 1 is 1.48 bits per heavy atom. The van der Waals surface area contributed by atoms with Gasteiger partial charge in [0, 0.05) is 18.3 Å². The maximum atomic E-state index is 12.1. The summed E-state index contributed by atoms with van der Waals surface area (Å²) in [5.74, 6) is -0.567. The first-order valence-electron chi connectivity index (χ1n) is 5.95. The second kappa shape index (κ2) is 5.66. The van der Waals surface area contributed by atoms with Crippen LogP contribution < -0.4 is 4.72 Å². The zero-order valence-electron chi connectivity index (χ0n) is 11.4. The first kappa shape index (κ1) is 15.2. The van der Waals surface area contributed by atoms with Crippen LogP contribution in [-0.2, 0) is 27.9 Å². The molecule has 0 atom stereocenters. The fourth-order valence-corrected chi connectivity index (χ4v) is 2.66. The van der Waals surface area contributed by atoms with Crippen LogP contribution in [0.1, 0.15) is 17.0 Å². The Morgan fingerprint density at radius 3 is 2.76 bits per heavy atom. The molecule has 10 heteroatoms. The molecule has 9 nitrogen and oxygen atoms in total. The standard InChI is InChI=1S/C11H14N4O5S/c1-7-10(8(2)20-14-7)4-13-21(18,19)9-3-12-15(5-9)6-11(16)17/h3,5,13H,4,6H2,1-2H3,(H,16,17). The molecule has 2 rings (SSSR count). The quantitative estimate of drug-likeness (QED) is 0.771. The van der Waals surface area contributed by atoms with Gasteiger partial charge in [-0.05, 0) is 13.8 Å². The van der Waals surface area contributed by atoms with Gasteiger partial charge in [-0.25, -0.2) is 13.1 Å². The average molecular weight is 314 g/mol. The molecule has 0 amide bonds. The lowest BCUT2D eigenvalue weighted by Crippen LogP contribution is -2.23. The fraction of sp³-hybridized carbons (Fsp3) is 0.364. The van der Waals surface area contributed by atoms with Crippen molar-refractivity contribution in [3.8, 4) is 0 Å². The summed E-state index contributed by atoms with van der Waals surface area (Å²) < 4.78 is 32.6. The topological polar surface area (TPSA) is 127 Å². The van der Waals surface area contributed by atoms with E-state index in [1.165, 1.54) is 0 Å². The number of aryl methyl sites for hydroxylation is 2. The van der Waals surface area contributed by atoms with Crippen molar-refractivity contribution in [2.75, 3.05) is 0 Å². The first-order chi connectivity index (χ1) is 9.79. The molecule has 0 aliphatic carbocycles. The van der Waals surface area contributed by atoms with Crippen LogP contribution >= 0.6 is 0 Å². The van der Waals surface area contributed by atoms with Gasteiger partial charge in [-0.1, -0.05) is 5.16 Å². The van der Waals surface area contributed by atoms with E-state index >= 15 is 0 Å². The van der Waals surface area contributed by atoms with Gasteiger partial charge in [-0.15, -0.1) is 0 Å². The fourth-order valence-electron chi connectivity index (χ4n) is 1.71. The van der Waals surface area contributed by atoms with Gasteiger partial charge in [0.05, 0.1) is 11.9 Å². The summed E-state index contributed by atoms with van der Waals surface area (Å²) in [5, 5.41) is 16.0. The van der Waals surface area contributed by atoms with E-state index in [9.17, 15) is 13.2 Å². The predicted molar refractivity (Wildman–Crippen MR) is 69.9 cm³/mol. The number of carbonyl (C=O) groups is 1. The Kier molecular flexibility index (Phi) is 4.09. The summed E-state index contributed by atoms with van der Waals surface area (Å²) >= 11 is 0. The minimum Gasteiger partial charge on any atom is -0.480 e. The van der Waals surface area contributed by atoms with Crippen LogP contribution in [0.4, 0.5) is 0 Å². The van der Waals surface area contributed by atoms with E-state index in [4.69, 9.17) is 9.63 Å². The predicted octanol–water partition coefficient (Wildman–Crippen LogP) is 0.0510. The molecule has 0 fully saturated rings. The second-order valence-electron chi connectivity index (χ2n) is 4.39. The minimum absolute atomic E-state index is 0.0353. The van der Waals surface area contributed by atoms with Crippen molar-refractivity contribution in [3.63, 3.8) is 0 Å². The number of aromatic nitrogens is 3. The van der Waals surface area contributed by atoms with Gasteiger partial charge in [0.2, 0.25) is 10.0 Å². The third kappa shape index (κ3) is 3.47. The minimum atomic E-state index is -3.78. The van der Waals surface area contributed by atoms with Gasteiger partial charge < -0.3 is 9.63 Å². The summed E-state index contributed by atoms with van der Waals surface area (Å²) in [5.41, 5.74) is 1.27. The molecule has 0 aromatic carbocycles. The molecular weight excluding hydrogens is 300 g/mol. The average Bonchev–Trinajstić information content (AvgIpc) is 2.95. The molecule has 0 radical (unpaired) electrons. The number of nitrogens with zero attached hydrogens (tertiary/aromatic N) is 3. The Morgan fingerprint density at radius 2 is 2.19 bits per heavy atom. The van der Waals surface area contributed by atoms with Crippen molar-refractivity contribution in [1.82, 2.24) is 19.7 Å². The van der Waals surface area contributed by atoms with E-state index in [0.717, 1.165) is 17.1 Å². The van der Waals surface area contributed by atoms with Crippen molar-refractivity contribution in [2.24, 2.45) is 0 Å². The number of aliphatic carboxylic acids is 1. The third-order valence-electron chi connectivity index (χ3n) is 2.84. The van der Waals surface area contributed by atoms with Gasteiger partial charge in [-0.3, -0.25) is 9.48 Å². The monoisotopic (exact) mass is 314 g/mol. The molecule has 0 unspecified atom stereocenters. The Labute approximate surface area is 120 Å². The van der Waals surface area contributed by atoms with Crippen LogP contribution in [0.3, 0.4) is 0 Å². The zero-order valence-corrected chi connectivity index (χ0v) is 12.2. The number of nitrogens with one attached hydrogen (secondary N) is 1. The lowest BCUT2D eigenvalue weighted by molar-refractivity contribution is -0.137. The van der Waals surface area contributed by atoms with Crippen LogP contribution in [0.25, 0.3) is 0 Å². The Hall–Kier alpha value is -2.20. The maximum Gasteiger partial charge on any atom is 0.325 e. The molecular formula is C11H14N4O5S. The number of carboxylic acids is 1. The second-order valence-corrected chi connectivity index (χ2v) is 6.16. The SMILES string of the molecule is Cc1noc(C)c1CNS(=O)(=O)c1cnn(CC(=O)O)c1.